The summed E-state index contributed by atoms with van der Waals surface area (Å²) in [7, 11) is 1.37. The zero-order chi connectivity index (χ0) is 15.0. The van der Waals surface area contributed by atoms with Crippen LogP contribution in [0.15, 0.2) is 22.7 Å². The average molecular weight is 344 g/mol. The van der Waals surface area contributed by atoms with E-state index in [9.17, 15) is 14.7 Å². The van der Waals surface area contributed by atoms with Crippen molar-refractivity contribution < 1.29 is 19.4 Å². The van der Waals surface area contributed by atoms with Gasteiger partial charge in [0.2, 0.25) is 0 Å². The highest BCUT2D eigenvalue weighted by atomic mass is 79.9. The van der Waals surface area contributed by atoms with E-state index < -0.39 is 0 Å². The molecule has 0 bridgehead atoms. The van der Waals surface area contributed by atoms with E-state index in [0.717, 1.165) is 19.3 Å². The van der Waals surface area contributed by atoms with Crippen molar-refractivity contribution in [2.24, 2.45) is 0 Å². The summed E-state index contributed by atoms with van der Waals surface area (Å²) >= 11 is 3.16. The number of phenols is 1. The second-order valence-corrected chi connectivity index (χ2v) is 5.16. The van der Waals surface area contributed by atoms with E-state index in [1.807, 2.05) is 0 Å². The van der Waals surface area contributed by atoms with E-state index in [1.54, 1.807) is 12.1 Å². The van der Waals surface area contributed by atoms with Crippen LogP contribution >= 0.6 is 15.9 Å². The first-order valence-electron chi connectivity index (χ1n) is 6.38. The number of ether oxygens (including phenoxy) is 1. The summed E-state index contributed by atoms with van der Waals surface area (Å²) < 4.78 is 5.09. The van der Waals surface area contributed by atoms with Crippen molar-refractivity contribution in [1.29, 1.82) is 0 Å². The maximum Gasteiger partial charge on any atom is 0.305 e. The second-order valence-electron chi connectivity index (χ2n) is 4.31. The lowest BCUT2D eigenvalue weighted by Crippen LogP contribution is -2.24. The Hall–Kier alpha value is -1.56. The number of amides is 1. The highest BCUT2D eigenvalue weighted by molar-refractivity contribution is 9.10. The molecule has 0 fully saturated rings. The topological polar surface area (TPSA) is 75.6 Å². The Bertz CT molecular complexity index is 476. The van der Waals surface area contributed by atoms with Gasteiger partial charge in [0.25, 0.3) is 5.91 Å². The molecule has 1 rings (SSSR count). The molecule has 20 heavy (non-hydrogen) atoms. The van der Waals surface area contributed by atoms with Crippen LogP contribution in [0.25, 0.3) is 0 Å². The molecule has 0 saturated carbocycles. The summed E-state index contributed by atoms with van der Waals surface area (Å²) in [6.45, 7) is 0.539. The summed E-state index contributed by atoms with van der Waals surface area (Å²) in [6.07, 6.45) is 2.80. The van der Waals surface area contributed by atoms with Crippen molar-refractivity contribution in [1.82, 2.24) is 5.32 Å². The quantitative estimate of drug-likeness (QED) is 0.589. The van der Waals surface area contributed by atoms with Crippen LogP contribution in [0.2, 0.25) is 0 Å². The van der Waals surface area contributed by atoms with Crippen LogP contribution in [-0.4, -0.2) is 30.6 Å². The highest BCUT2D eigenvalue weighted by Crippen LogP contribution is 2.24. The molecule has 1 amide bonds. The molecule has 0 aliphatic carbocycles. The summed E-state index contributed by atoms with van der Waals surface area (Å²) in [5.74, 6) is -0.393. The molecule has 6 heteroatoms. The van der Waals surface area contributed by atoms with Crippen molar-refractivity contribution in [2.75, 3.05) is 13.7 Å². The molecule has 0 spiro atoms. The van der Waals surface area contributed by atoms with Gasteiger partial charge >= 0.3 is 5.97 Å². The largest absolute Gasteiger partial charge is 0.507 e. The van der Waals surface area contributed by atoms with E-state index in [0.29, 0.717) is 23.0 Å². The minimum absolute atomic E-state index is 0.0377. The van der Waals surface area contributed by atoms with Gasteiger partial charge in [0.05, 0.1) is 11.6 Å². The molecule has 0 radical (unpaired) electrons. The standard InChI is InChI=1S/C14H18BrNO4/c1-20-13(18)5-3-2-4-8-16-14(19)10-6-7-11(15)12(17)9-10/h6-7,9,17H,2-5,8H2,1H3,(H,16,19). The summed E-state index contributed by atoms with van der Waals surface area (Å²) in [5.41, 5.74) is 0.417. The number of rotatable bonds is 7. The van der Waals surface area contributed by atoms with Crippen molar-refractivity contribution in [3.05, 3.63) is 28.2 Å². The lowest BCUT2D eigenvalue weighted by atomic mass is 10.1. The summed E-state index contributed by atoms with van der Waals surface area (Å²) in [5, 5.41) is 12.3. The average Bonchev–Trinajstić information content (AvgIpc) is 2.44. The van der Waals surface area contributed by atoms with E-state index in [-0.39, 0.29) is 17.6 Å². The number of hydrogen-bond acceptors (Lipinski definition) is 4. The number of aromatic hydroxyl groups is 1. The van der Waals surface area contributed by atoms with Gasteiger partial charge < -0.3 is 15.2 Å². The number of phenolic OH excluding ortho intramolecular Hbond substituents is 1. The fourth-order valence-electron chi connectivity index (χ4n) is 1.63. The smallest absolute Gasteiger partial charge is 0.305 e. The fourth-order valence-corrected chi connectivity index (χ4v) is 1.88. The number of methoxy groups -OCH3 is 1. The molecule has 0 aromatic heterocycles. The first-order valence-corrected chi connectivity index (χ1v) is 7.17. The molecule has 0 atom stereocenters. The maximum atomic E-state index is 11.8. The second kappa shape index (κ2) is 8.58. The van der Waals surface area contributed by atoms with Gasteiger partial charge in [-0.05, 0) is 47.0 Å². The van der Waals surface area contributed by atoms with Crippen molar-refractivity contribution in [3.8, 4) is 5.75 Å². The van der Waals surface area contributed by atoms with Crippen molar-refractivity contribution in [2.45, 2.75) is 25.7 Å². The Morgan fingerprint density at radius 2 is 2.05 bits per heavy atom. The Morgan fingerprint density at radius 1 is 1.30 bits per heavy atom. The molecule has 0 heterocycles. The Labute approximate surface area is 126 Å². The Morgan fingerprint density at radius 3 is 2.70 bits per heavy atom. The van der Waals surface area contributed by atoms with Gasteiger partial charge in [-0.15, -0.1) is 0 Å². The molecule has 5 nitrogen and oxygen atoms in total. The zero-order valence-electron chi connectivity index (χ0n) is 11.3. The predicted molar refractivity (Wildman–Crippen MR) is 78.6 cm³/mol. The number of esters is 1. The van der Waals surface area contributed by atoms with Gasteiger partial charge in [-0.3, -0.25) is 9.59 Å². The molecule has 1 aromatic carbocycles. The first-order chi connectivity index (χ1) is 9.54. The lowest BCUT2D eigenvalue weighted by Gasteiger charge is -2.06. The molecule has 0 saturated heterocycles. The van der Waals surface area contributed by atoms with E-state index in [1.165, 1.54) is 13.2 Å². The minimum atomic E-state index is -0.222. The highest BCUT2D eigenvalue weighted by Gasteiger charge is 2.07. The van der Waals surface area contributed by atoms with Gasteiger partial charge in [0, 0.05) is 18.5 Å². The van der Waals surface area contributed by atoms with Crippen LogP contribution in [0, 0.1) is 0 Å². The van der Waals surface area contributed by atoms with Crippen LogP contribution in [-0.2, 0) is 9.53 Å². The van der Waals surface area contributed by atoms with E-state index in [4.69, 9.17) is 0 Å². The molecule has 1 aromatic rings. The van der Waals surface area contributed by atoms with Gasteiger partial charge in [0.1, 0.15) is 5.75 Å². The predicted octanol–water partition coefficient (Wildman–Crippen LogP) is 2.62. The van der Waals surface area contributed by atoms with Gasteiger partial charge in [-0.2, -0.15) is 0 Å². The Kier molecular flexibility index (Phi) is 7.08. The molecule has 2 N–H and O–H groups in total. The normalized spacial score (nSPS) is 10.1. The summed E-state index contributed by atoms with van der Waals surface area (Å²) in [4.78, 5) is 22.7. The molecular formula is C14H18BrNO4. The van der Waals surface area contributed by atoms with Crippen LogP contribution in [0.1, 0.15) is 36.0 Å². The molecule has 0 aliphatic heterocycles. The van der Waals surface area contributed by atoms with Crippen LogP contribution in [0.4, 0.5) is 0 Å². The zero-order valence-corrected chi connectivity index (χ0v) is 12.9. The molecule has 0 unspecified atom stereocenters. The monoisotopic (exact) mass is 343 g/mol. The SMILES string of the molecule is COC(=O)CCCCCNC(=O)c1ccc(Br)c(O)c1. The van der Waals surface area contributed by atoms with E-state index in [2.05, 4.69) is 26.0 Å². The molecular weight excluding hydrogens is 326 g/mol. The third kappa shape index (κ3) is 5.61. The van der Waals surface area contributed by atoms with Gasteiger partial charge in [-0.1, -0.05) is 6.42 Å². The third-order valence-corrected chi connectivity index (χ3v) is 3.45. The number of hydrogen-bond donors (Lipinski definition) is 2. The summed E-state index contributed by atoms with van der Waals surface area (Å²) in [6, 6.07) is 4.67. The number of halogens is 1. The lowest BCUT2D eigenvalue weighted by molar-refractivity contribution is -0.140. The van der Waals surface area contributed by atoms with Crippen LogP contribution < -0.4 is 5.32 Å². The van der Waals surface area contributed by atoms with Gasteiger partial charge in [-0.25, -0.2) is 0 Å². The Balaban J connectivity index is 2.23. The number of carbonyl (C=O) groups is 2. The third-order valence-electron chi connectivity index (χ3n) is 2.78. The van der Waals surface area contributed by atoms with Crippen LogP contribution in [0.5, 0.6) is 5.75 Å². The number of nitrogens with one attached hydrogen (secondary N) is 1. The van der Waals surface area contributed by atoms with E-state index >= 15 is 0 Å². The minimum Gasteiger partial charge on any atom is -0.507 e. The van der Waals surface area contributed by atoms with Crippen molar-refractivity contribution in [3.63, 3.8) is 0 Å². The first kappa shape index (κ1) is 16.5. The maximum absolute atomic E-state index is 11.8. The number of benzene rings is 1. The molecule has 110 valence electrons. The fraction of sp³-hybridized carbons (Fsp3) is 0.429. The molecule has 0 aliphatic rings. The van der Waals surface area contributed by atoms with Crippen LogP contribution in [0.3, 0.4) is 0 Å². The number of unbranched alkanes of at least 4 members (excludes halogenated alkanes) is 2. The van der Waals surface area contributed by atoms with Gasteiger partial charge in [0.15, 0.2) is 0 Å². The number of carbonyl (C=O) groups excluding carboxylic acids is 2. The van der Waals surface area contributed by atoms with Crippen molar-refractivity contribution >= 4 is 27.8 Å².